The van der Waals surface area contributed by atoms with Crippen molar-refractivity contribution in [3.05, 3.63) is 17.5 Å². The first-order chi connectivity index (χ1) is 9.94. The standard InChI is InChI=1S/C15H23N3O3/c1-15(2,3)21-14(19)17-6-4-5-13-11(8-17)7-16-18(13)12-9-20-10-12/h7,12H,4-6,8-10H2,1-3H3. The fourth-order valence-electron chi connectivity index (χ4n) is 2.71. The Morgan fingerprint density at radius 2 is 2.19 bits per heavy atom. The van der Waals surface area contributed by atoms with Crippen LogP contribution in [0.25, 0.3) is 0 Å². The molecule has 1 amide bonds. The molecular formula is C15H23N3O3. The topological polar surface area (TPSA) is 56.6 Å². The second-order valence-electron chi connectivity index (χ2n) is 6.76. The number of rotatable bonds is 1. The summed E-state index contributed by atoms with van der Waals surface area (Å²) in [5, 5.41) is 4.49. The van der Waals surface area contributed by atoms with E-state index >= 15 is 0 Å². The van der Waals surface area contributed by atoms with Gasteiger partial charge in [0, 0.05) is 17.8 Å². The number of amides is 1. The minimum Gasteiger partial charge on any atom is -0.444 e. The number of hydrogen-bond donors (Lipinski definition) is 0. The molecule has 0 atom stereocenters. The van der Waals surface area contributed by atoms with Crippen LogP contribution in [-0.2, 0) is 22.4 Å². The van der Waals surface area contributed by atoms with Crippen LogP contribution in [0, 0.1) is 0 Å². The molecule has 0 spiro atoms. The molecule has 3 rings (SSSR count). The number of carbonyl (C=O) groups excluding carboxylic acids is 1. The van der Waals surface area contributed by atoms with E-state index in [9.17, 15) is 4.79 Å². The van der Waals surface area contributed by atoms with Crippen LogP contribution in [0.3, 0.4) is 0 Å². The zero-order valence-corrected chi connectivity index (χ0v) is 13.0. The molecule has 6 nitrogen and oxygen atoms in total. The summed E-state index contributed by atoms with van der Waals surface area (Å²) in [6.07, 6.45) is 3.53. The van der Waals surface area contributed by atoms with Crippen LogP contribution in [-0.4, -0.2) is 46.1 Å². The van der Waals surface area contributed by atoms with Gasteiger partial charge in [-0.15, -0.1) is 0 Å². The summed E-state index contributed by atoms with van der Waals surface area (Å²) in [6.45, 7) is 8.46. The summed E-state index contributed by atoms with van der Waals surface area (Å²) < 4.78 is 12.8. The van der Waals surface area contributed by atoms with Gasteiger partial charge in [-0.05, 0) is 33.6 Å². The van der Waals surface area contributed by atoms with Crippen LogP contribution in [0.4, 0.5) is 4.79 Å². The molecule has 0 unspecified atom stereocenters. The molecule has 0 radical (unpaired) electrons. The minimum atomic E-state index is -0.459. The van der Waals surface area contributed by atoms with Crippen molar-refractivity contribution in [3.63, 3.8) is 0 Å². The fourth-order valence-corrected chi connectivity index (χ4v) is 2.71. The van der Waals surface area contributed by atoms with E-state index in [0.29, 0.717) is 12.6 Å². The van der Waals surface area contributed by atoms with E-state index in [1.807, 2.05) is 27.0 Å². The van der Waals surface area contributed by atoms with Crippen molar-refractivity contribution < 1.29 is 14.3 Å². The van der Waals surface area contributed by atoms with Crippen LogP contribution in [0.1, 0.15) is 44.5 Å². The second kappa shape index (κ2) is 5.33. The molecule has 1 fully saturated rings. The van der Waals surface area contributed by atoms with Crippen LogP contribution in [0.2, 0.25) is 0 Å². The van der Waals surface area contributed by atoms with Crippen molar-refractivity contribution in [2.24, 2.45) is 0 Å². The van der Waals surface area contributed by atoms with E-state index in [1.165, 1.54) is 5.69 Å². The lowest BCUT2D eigenvalue weighted by molar-refractivity contribution is -0.0298. The normalized spacial score (nSPS) is 19.7. The quantitative estimate of drug-likeness (QED) is 0.796. The van der Waals surface area contributed by atoms with Crippen LogP contribution < -0.4 is 0 Å². The van der Waals surface area contributed by atoms with Gasteiger partial charge in [-0.25, -0.2) is 4.79 Å². The molecule has 0 saturated carbocycles. The lowest BCUT2D eigenvalue weighted by Gasteiger charge is -2.28. The number of fused-ring (bicyclic) bond motifs is 1. The molecule has 1 aromatic rings. The summed E-state index contributed by atoms with van der Waals surface area (Å²) in [5.74, 6) is 0. The minimum absolute atomic E-state index is 0.241. The smallest absolute Gasteiger partial charge is 0.410 e. The van der Waals surface area contributed by atoms with Crippen molar-refractivity contribution in [3.8, 4) is 0 Å². The van der Waals surface area contributed by atoms with Gasteiger partial charge in [0.1, 0.15) is 5.60 Å². The van der Waals surface area contributed by atoms with Gasteiger partial charge in [-0.2, -0.15) is 5.10 Å². The second-order valence-corrected chi connectivity index (χ2v) is 6.76. The third-order valence-corrected chi connectivity index (χ3v) is 3.81. The molecule has 21 heavy (non-hydrogen) atoms. The molecule has 1 aromatic heterocycles. The molecule has 3 heterocycles. The maximum Gasteiger partial charge on any atom is 0.410 e. The predicted octanol–water partition coefficient (Wildman–Crippen LogP) is 2.14. The monoisotopic (exact) mass is 293 g/mol. The number of ether oxygens (including phenoxy) is 2. The first kappa shape index (κ1) is 14.4. The van der Waals surface area contributed by atoms with Crippen LogP contribution >= 0.6 is 0 Å². The molecule has 6 heteroatoms. The van der Waals surface area contributed by atoms with Gasteiger partial charge < -0.3 is 14.4 Å². The van der Waals surface area contributed by atoms with Gasteiger partial charge in [0.15, 0.2) is 0 Å². The lowest BCUT2D eigenvalue weighted by Crippen LogP contribution is -2.36. The highest BCUT2D eigenvalue weighted by Gasteiger charge is 2.29. The Hall–Kier alpha value is -1.56. The molecule has 0 bridgehead atoms. The number of nitrogens with zero attached hydrogens (tertiary/aromatic N) is 3. The van der Waals surface area contributed by atoms with E-state index in [-0.39, 0.29) is 6.09 Å². The van der Waals surface area contributed by atoms with E-state index in [2.05, 4.69) is 9.78 Å². The fraction of sp³-hybridized carbons (Fsp3) is 0.733. The molecule has 0 N–H and O–H groups in total. The van der Waals surface area contributed by atoms with E-state index in [4.69, 9.17) is 9.47 Å². The Morgan fingerprint density at radius 3 is 2.81 bits per heavy atom. The maximum absolute atomic E-state index is 12.2. The van der Waals surface area contributed by atoms with Gasteiger partial charge in [0.25, 0.3) is 0 Å². The third kappa shape index (κ3) is 3.05. The molecular weight excluding hydrogens is 270 g/mol. The Kier molecular flexibility index (Phi) is 3.65. The van der Waals surface area contributed by atoms with Gasteiger partial charge >= 0.3 is 6.09 Å². The van der Waals surface area contributed by atoms with E-state index in [1.54, 1.807) is 4.90 Å². The summed E-state index contributed by atoms with van der Waals surface area (Å²) in [4.78, 5) is 14.0. The Bertz CT molecular complexity index is 529. The first-order valence-electron chi connectivity index (χ1n) is 7.55. The lowest BCUT2D eigenvalue weighted by atomic mass is 10.1. The van der Waals surface area contributed by atoms with Gasteiger partial charge in [-0.1, -0.05) is 0 Å². The number of aromatic nitrogens is 2. The largest absolute Gasteiger partial charge is 0.444 e. The Balaban J connectivity index is 1.74. The average Bonchev–Trinajstić information content (AvgIpc) is 2.56. The van der Waals surface area contributed by atoms with Crippen molar-refractivity contribution >= 4 is 6.09 Å². The SMILES string of the molecule is CC(C)(C)OC(=O)N1CCCc2c(cnn2C2COC2)C1. The van der Waals surface area contributed by atoms with Crippen LogP contribution in [0.5, 0.6) is 0 Å². The molecule has 2 aliphatic heterocycles. The van der Waals surface area contributed by atoms with Gasteiger partial charge in [-0.3, -0.25) is 4.68 Å². The number of carbonyl (C=O) groups is 1. The van der Waals surface area contributed by atoms with Gasteiger partial charge in [0.05, 0.1) is 32.0 Å². The molecule has 0 aromatic carbocycles. The summed E-state index contributed by atoms with van der Waals surface area (Å²) >= 11 is 0. The summed E-state index contributed by atoms with van der Waals surface area (Å²) in [5.41, 5.74) is 1.92. The van der Waals surface area contributed by atoms with E-state index < -0.39 is 5.60 Å². The van der Waals surface area contributed by atoms with Crippen molar-refractivity contribution in [2.45, 2.75) is 51.8 Å². The van der Waals surface area contributed by atoms with Crippen molar-refractivity contribution in [2.75, 3.05) is 19.8 Å². The van der Waals surface area contributed by atoms with E-state index in [0.717, 1.165) is 38.2 Å². The molecule has 1 saturated heterocycles. The maximum atomic E-state index is 12.2. The van der Waals surface area contributed by atoms with Crippen LogP contribution in [0.15, 0.2) is 6.20 Å². The average molecular weight is 293 g/mol. The summed E-state index contributed by atoms with van der Waals surface area (Å²) in [7, 11) is 0. The Morgan fingerprint density at radius 1 is 1.43 bits per heavy atom. The zero-order chi connectivity index (χ0) is 15.0. The highest BCUT2D eigenvalue weighted by molar-refractivity contribution is 5.68. The summed E-state index contributed by atoms with van der Waals surface area (Å²) in [6, 6.07) is 0.363. The highest BCUT2D eigenvalue weighted by Crippen LogP contribution is 2.25. The predicted molar refractivity (Wildman–Crippen MR) is 77.0 cm³/mol. The third-order valence-electron chi connectivity index (χ3n) is 3.81. The highest BCUT2D eigenvalue weighted by atomic mass is 16.6. The molecule has 116 valence electrons. The molecule has 2 aliphatic rings. The van der Waals surface area contributed by atoms with Gasteiger partial charge in [0.2, 0.25) is 0 Å². The number of hydrogen-bond acceptors (Lipinski definition) is 4. The zero-order valence-electron chi connectivity index (χ0n) is 13.0. The first-order valence-corrected chi connectivity index (χ1v) is 7.55. The van der Waals surface area contributed by atoms with Crippen molar-refractivity contribution in [1.82, 2.24) is 14.7 Å². The molecule has 0 aliphatic carbocycles. The van der Waals surface area contributed by atoms with Crippen molar-refractivity contribution in [1.29, 1.82) is 0 Å². The Labute approximate surface area is 125 Å².